The Bertz CT molecular complexity index is 614. The first-order chi connectivity index (χ1) is 8.69. The first-order valence-corrected chi connectivity index (χ1v) is 5.29. The van der Waals surface area contributed by atoms with Crippen molar-refractivity contribution in [3.8, 4) is 6.07 Å². The molecule has 0 atom stereocenters. The van der Waals surface area contributed by atoms with Gasteiger partial charge in [0.25, 0.3) is 5.91 Å². The number of nitrogens with zero attached hydrogens (tertiary/aromatic N) is 3. The van der Waals surface area contributed by atoms with E-state index in [2.05, 4.69) is 15.3 Å². The van der Waals surface area contributed by atoms with Gasteiger partial charge in [-0.2, -0.15) is 5.26 Å². The number of nitrogens with one attached hydrogen (secondary N) is 1. The molecule has 1 amide bonds. The number of anilines is 1. The lowest BCUT2D eigenvalue weighted by Gasteiger charge is -2.04. The van der Waals surface area contributed by atoms with E-state index in [4.69, 9.17) is 5.26 Å². The van der Waals surface area contributed by atoms with Crippen molar-refractivity contribution in [2.24, 2.45) is 0 Å². The van der Waals surface area contributed by atoms with Gasteiger partial charge in [0.05, 0.1) is 5.56 Å². The van der Waals surface area contributed by atoms with E-state index in [1.54, 1.807) is 30.5 Å². The molecule has 88 valence electrons. The number of nitriles is 1. The van der Waals surface area contributed by atoms with Gasteiger partial charge in [-0.15, -0.1) is 0 Å². The predicted octanol–water partition coefficient (Wildman–Crippen LogP) is 1.91. The molecule has 0 saturated carbocycles. The topological polar surface area (TPSA) is 78.7 Å². The number of rotatable bonds is 2. The minimum absolute atomic E-state index is 0.252. The first-order valence-electron chi connectivity index (χ1n) is 5.29. The Morgan fingerprint density at radius 3 is 2.78 bits per heavy atom. The number of carbonyl (C=O) groups excluding carboxylic acids is 1. The van der Waals surface area contributed by atoms with E-state index in [0.717, 1.165) is 5.69 Å². The van der Waals surface area contributed by atoms with E-state index >= 15 is 0 Å². The van der Waals surface area contributed by atoms with Crippen molar-refractivity contribution in [1.29, 1.82) is 5.26 Å². The summed E-state index contributed by atoms with van der Waals surface area (Å²) in [5.74, 6) is 0.158. The normalized spacial score (nSPS) is 9.56. The number of carbonyl (C=O) groups is 1. The van der Waals surface area contributed by atoms with Gasteiger partial charge in [-0.25, -0.2) is 4.98 Å². The molecule has 1 N–H and O–H groups in total. The monoisotopic (exact) mass is 238 g/mol. The lowest BCUT2D eigenvalue weighted by atomic mass is 10.2. The molecule has 2 rings (SSSR count). The summed E-state index contributed by atoms with van der Waals surface area (Å²) in [5.41, 5.74) is 1.75. The average molecular weight is 238 g/mol. The van der Waals surface area contributed by atoms with Gasteiger partial charge in [-0.05, 0) is 31.2 Å². The molecule has 0 radical (unpaired) electrons. The van der Waals surface area contributed by atoms with Gasteiger partial charge in [0, 0.05) is 23.7 Å². The Labute approximate surface area is 104 Å². The molecule has 0 unspecified atom stereocenters. The van der Waals surface area contributed by atoms with Crippen LogP contribution in [0.15, 0.2) is 36.7 Å². The van der Waals surface area contributed by atoms with Crippen molar-refractivity contribution in [2.75, 3.05) is 5.32 Å². The second kappa shape index (κ2) is 5.06. The number of pyridine rings is 2. The highest BCUT2D eigenvalue weighted by Gasteiger charge is 2.06. The molecule has 0 saturated heterocycles. The van der Waals surface area contributed by atoms with E-state index in [-0.39, 0.29) is 5.91 Å². The second-order valence-corrected chi connectivity index (χ2v) is 3.68. The molecule has 0 bridgehead atoms. The maximum atomic E-state index is 11.9. The molecule has 5 heteroatoms. The molecule has 2 aromatic rings. The Kier molecular flexibility index (Phi) is 3.30. The quantitative estimate of drug-likeness (QED) is 0.866. The SMILES string of the molecule is Cc1cc(C(=O)Nc2ccc(C#N)cn2)ccn1. The highest BCUT2D eigenvalue weighted by atomic mass is 16.1. The summed E-state index contributed by atoms with van der Waals surface area (Å²) < 4.78 is 0. The number of aryl methyl sites for hydroxylation is 1. The highest BCUT2D eigenvalue weighted by Crippen LogP contribution is 2.07. The van der Waals surface area contributed by atoms with Crippen LogP contribution >= 0.6 is 0 Å². The van der Waals surface area contributed by atoms with Gasteiger partial charge in [0.15, 0.2) is 0 Å². The molecule has 0 spiro atoms. The lowest BCUT2D eigenvalue weighted by molar-refractivity contribution is 0.102. The van der Waals surface area contributed by atoms with Crippen molar-refractivity contribution in [1.82, 2.24) is 9.97 Å². The summed E-state index contributed by atoms with van der Waals surface area (Å²) in [6.45, 7) is 1.82. The fraction of sp³-hybridized carbons (Fsp3) is 0.0769. The number of hydrogen-bond acceptors (Lipinski definition) is 4. The first kappa shape index (κ1) is 11.7. The van der Waals surface area contributed by atoms with E-state index in [0.29, 0.717) is 16.9 Å². The molecule has 2 heterocycles. The minimum Gasteiger partial charge on any atom is -0.307 e. The van der Waals surface area contributed by atoms with Crippen molar-refractivity contribution >= 4 is 11.7 Å². The van der Waals surface area contributed by atoms with Crippen LogP contribution in [-0.4, -0.2) is 15.9 Å². The number of amides is 1. The van der Waals surface area contributed by atoms with Gasteiger partial charge in [-0.1, -0.05) is 0 Å². The molecular weight excluding hydrogens is 228 g/mol. The summed E-state index contributed by atoms with van der Waals surface area (Å²) in [5, 5.41) is 11.3. The predicted molar refractivity (Wildman–Crippen MR) is 65.9 cm³/mol. The molecule has 0 aliphatic rings. The third-order valence-corrected chi connectivity index (χ3v) is 2.29. The molecular formula is C13H10N4O. The minimum atomic E-state index is -0.252. The van der Waals surface area contributed by atoms with Gasteiger partial charge < -0.3 is 5.32 Å². The Balaban J connectivity index is 2.14. The molecule has 5 nitrogen and oxygen atoms in total. The van der Waals surface area contributed by atoms with Crippen LogP contribution in [0.4, 0.5) is 5.82 Å². The standard InChI is InChI=1S/C13H10N4O/c1-9-6-11(4-5-15-9)13(18)17-12-3-2-10(7-14)8-16-12/h2-6,8H,1H3,(H,16,17,18). The zero-order chi connectivity index (χ0) is 13.0. The summed E-state index contributed by atoms with van der Waals surface area (Å²) in [6, 6.07) is 8.47. The summed E-state index contributed by atoms with van der Waals surface area (Å²) in [6.07, 6.45) is 2.99. The lowest BCUT2D eigenvalue weighted by Crippen LogP contribution is -2.13. The Hall–Kier alpha value is -2.74. The van der Waals surface area contributed by atoms with Crippen LogP contribution in [0.3, 0.4) is 0 Å². The van der Waals surface area contributed by atoms with Gasteiger partial charge in [0.1, 0.15) is 11.9 Å². The van der Waals surface area contributed by atoms with Crippen LogP contribution < -0.4 is 5.32 Å². The van der Waals surface area contributed by atoms with Crippen LogP contribution in [0.2, 0.25) is 0 Å². The van der Waals surface area contributed by atoms with E-state index in [1.807, 2.05) is 13.0 Å². The fourth-order valence-corrected chi connectivity index (χ4v) is 1.41. The van der Waals surface area contributed by atoms with Crippen molar-refractivity contribution < 1.29 is 4.79 Å². The number of aromatic nitrogens is 2. The summed E-state index contributed by atoms with van der Waals surface area (Å²) in [4.78, 5) is 19.9. The fourth-order valence-electron chi connectivity index (χ4n) is 1.41. The van der Waals surface area contributed by atoms with Gasteiger partial charge >= 0.3 is 0 Å². The van der Waals surface area contributed by atoms with Crippen LogP contribution in [0.25, 0.3) is 0 Å². The molecule has 18 heavy (non-hydrogen) atoms. The molecule has 0 fully saturated rings. The van der Waals surface area contributed by atoms with Crippen LogP contribution in [0, 0.1) is 18.3 Å². The third kappa shape index (κ3) is 2.68. The van der Waals surface area contributed by atoms with Gasteiger partial charge in [-0.3, -0.25) is 9.78 Å². The highest BCUT2D eigenvalue weighted by molar-refractivity contribution is 6.03. The maximum absolute atomic E-state index is 11.9. The van der Waals surface area contributed by atoms with Crippen LogP contribution in [-0.2, 0) is 0 Å². The zero-order valence-corrected chi connectivity index (χ0v) is 9.71. The zero-order valence-electron chi connectivity index (χ0n) is 9.71. The molecule has 2 aromatic heterocycles. The van der Waals surface area contributed by atoms with E-state index < -0.39 is 0 Å². The maximum Gasteiger partial charge on any atom is 0.256 e. The Morgan fingerprint density at radius 1 is 1.33 bits per heavy atom. The largest absolute Gasteiger partial charge is 0.307 e. The van der Waals surface area contributed by atoms with Crippen molar-refractivity contribution in [3.63, 3.8) is 0 Å². The average Bonchev–Trinajstić information content (AvgIpc) is 2.39. The van der Waals surface area contributed by atoms with Crippen LogP contribution in [0.5, 0.6) is 0 Å². The van der Waals surface area contributed by atoms with Gasteiger partial charge in [0.2, 0.25) is 0 Å². The van der Waals surface area contributed by atoms with Crippen molar-refractivity contribution in [2.45, 2.75) is 6.92 Å². The smallest absolute Gasteiger partial charge is 0.256 e. The third-order valence-electron chi connectivity index (χ3n) is 2.29. The second-order valence-electron chi connectivity index (χ2n) is 3.68. The summed E-state index contributed by atoms with van der Waals surface area (Å²) in [7, 11) is 0. The molecule has 0 aliphatic heterocycles. The molecule has 0 aliphatic carbocycles. The summed E-state index contributed by atoms with van der Waals surface area (Å²) >= 11 is 0. The number of hydrogen-bond donors (Lipinski definition) is 1. The van der Waals surface area contributed by atoms with E-state index in [1.165, 1.54) is 6.20 Å². The van der Waals surface area contributed by atoms with E-state index in [9.17, 15) is 4.79 Å². The van der Waals surface area contributed by atoms with Crippen LogP contribution in [0.1, 0.15) is 21.6 Å². The Morgan fingerprint density at radius 2 is 2.17 bits per heavy atom. The van der Waals surface area contributed by atoms with Crippen molar-refractivity contribution in [3.05, 3.63) is 53.5 Å². The molecule has 0 aromatic carbocycles.